The molecule has 0 radical (unpaired) electrons. The number of halogens is 1. The van der Waals surface area contributed by atoms with Crippen LogP contribution in [-0.2, 0) is 14.6 Å². The van der Waals surface area contributed by atoms with E-state index >= 15 is 0 Å². The summed E-state index contributed by atoms with van der Waals surface area (Å²) in [5.41, 5.74) is -0.279. The fraction of sp³-hybridized carbons (Fsp3) is 0.111. The molecule has 0 fully saturated rings. The van der Waals surface area contributed by atoms with E-state index in [1.165, 1.54) is 0 Å². The van der Waals surface area contributed by atoms with Crippen molar-refractivity contribution in [1.29, 1.82) is 0 Å². The molecule has 0 saturated heterocycles. The quantitative estimate of drug-likeness (QED) is 0.847. The number of carboxylic acids is 2. The van der Waals surface area contributed by atoms with Crippen LogP contribution in [0.3, 0.4) is 0 Å². The Kier molecular flexibility index (Phi) is 3.74. The zero-order valence-corrected chi connectivity index (χ0v) is 9.83. The number of benzene rings is 1. The fourth-order valence-electron chi connectivity index (χ4n) is 1.12. The first kappa shape index (κ1) is 13.5. The first-order valence-electron chi connectivity index (χ1n) is 4.21. The largest absolute Gasteiger partial charge is 0.480 e. The Balaban J connectivity index is 3.35. The van der Waals surface area contributed by atoms with Crippen molar-refractivity contribution in [2.75, 3.05) is 5.75 Å². The van der Waals surface area contributed by atoms with E-state index in [1.807, 2.05) is 0 Å². The van der Waals surface area contributed by atoms with Crippen LogP contribution < -0.4 is 0 Å². The van der Waals surface area contributed by atoms with E-state index < -0.39 is 32.4 Å². The predicted molar refractivity (Wildman–Crippen MR) is 58.1 cm³/mol. The van der Waals surface area contributed by atoms with E-state index in [2.05, 4.69) is 0 Å². The van der Waals surface area contributed by atoms with Crippen molar-refractivity contribution >= 4 is 33.4 Å². The summed E-state index contributed by atoms with van der Waals surface area (Å²) in [5, 5.41) is 16.9. The van der Waals surface area contributed by atoms with Gasteiger partial charge in [-0.15, -0.1) is 0 Å². The minimum atomic E-state index is -4.14. The molecule has 0 aliphatic rings. The minimum absolute atomic E-state index is 0.212. The average Bonchev–Trinajstić information content (AvgIpc) is 2.15. The van der Waals surface area contributed by atoms with Crippen LogP contribution in [0.25, 0.3) is 0 Å². The van der Waals surface area contributed by atoms with Crippen LogP contribution >= 0.6 is 11.6 Å². The molecule has 6 nitrogen and oxygen atoms in total. The van der Waals surface area contributed by atoms with Crippen LogP contribution in [0.4, 0.5) is 0 Å². The number of rotatable bonds is 4. The van der Waals surface area contributed by atoms with Crippen molar-refractivity contribution in [3.8, 4) is 0 Å². The molecule has 0 heterocycles. The van der Waals surface area contributed by atoms with E-state index in [9.17, 15) is 18.0 Å². The van der Waals surface area contributed by atoms with Gasteiger partial charge in [-0.2, -0.15) is 0 Å². The Bertz CT molecular complexity index is 577. The number of carbonyl (C=O) groups is 2. The molecule has 0 bridgehead atoms. The lowest BCUT2D eigenvalue weighted by Crippen LogP contribution is -2.16. The monoisotopic (exact) mass is 278 g/mol. The van der Waals surface area contributed by atoms with Crippen molar-refractivity contribution in [3.05, 3.63) is 28.8 Å². The van der Waals surface area contributed by atoms with E-state index in [4.69, 9.17) is 21.8 Å². The van der Waals surface area contributed by atoms with Gasteiger partial charge in [-0.3, -0.25) is 4.79 Å². The van der Waals surface area contributed by atoms with Gasteiger partial charge in [-0.25, -0.2) is 13.2 Å². The summed E-state index contributed by atoms with van der Waals surface area (Å²) < 4.78 is 23.2. The molecule has 17 heavy (non-hydrogen) atoms. The first-order chi connectivity index (χ1) is 7.74. The Morgan fingerprint density at radius 1 is 1.24 bits per heavy atom. The SMILES string of the molecule is O=C(O)CS(=O)(=O)c1cc(C(=O)O)ccc1Cl. The lowest BCUT2D eigenvalue weighted by molar-refractivity contribution is -0.134. The van der Waals surface area contributed by atoms with Crippen molar-refractivity contribution in [2.45, 2.75) is 4.90 Å². The third kappa shape index (κ3) is 3.18. The Morgan fingerprint density at radius 2 is 1.82 bits per heavy atom. The van der Waals surface area contributed by atoms with Gasteiger partial charge in [0.25, 0.3) is 0 Å². The summed E-state index contributed by atoms with van der Waals surface area (Å²) in [6.07, 6.45) is 0. The van der Waals surface area contributed by atoms with Gasteiger partial charge in [0.05, 0.1) is 15.5 Å². The molecule has 0 atom stereocenters. The van der Waals surface area contributed by atoms with Crippen LogP contribution in [0.5, 0.6) is 0 Å². The van der Waals surface area contributed by atoms with Crippen LogP contribution in [-0.4, -0.2) is 36.3 Å². The van der Waals surface area contributed by atoms with E-state index in [1.54, 1.807) is 0 Å². The molecule has 0 unspecified atom stereocenters. The smallest absolute Gasteiger partial charge is 0.335 e. The molecular weight excluding hydrogens is 272 g/mol. The zero-order valence-electron chi connectivity index (χ0n) is 8.25. The molecular formula is C9H7ClO6S. The molecule has 1 aromatic carbocycles. The van der Waals surface area contributed by atoms with Gasteiger partial charge in [0.15, 0.2) is 15.6 Å². The third-order valence-electron chi connectivity index (χ3n) is 1.83. The first-order valence-corrected chi connectivity index (χ1v) is 6.24. The maximum Gasteiger partial charge on any atom is 0.335 e. The fourth-order valence-corrected chi connectivity index (χ4v) is 2.74. The van der Waals surface area contributed by atoms with E-state index in [-0.39, 0.29) is 10.6 Å². The summed E-state index contributed by atoms with van der Waals surface area (Å²) in [6.45, 7) is 0. The number of hydrogen-bond acceptors (Lipinski definition) is 4. The summed E-state index contributed by atoms with van der Waals surface area (Å²) in [7, 11) is -4.14. The highest BCUT2D eigenvalue weighted by atomic mass is 35.5. The maximum atomic E-state index is 11.6. The molecule has 0 saturated carbocycles. The summed E-state index contributed by atoms with van der Waals surface area (Å²) in [6, 6.07) is 3.06. The summed E-state index contributed by atoms with van der Waals surface area (Å²) in [4.78, 5) is 20.5. The highest BCUT2D eigenvalue weighted by Gasteiger charge is 2.23. The molecule has 1 rings (SSSR count). The van der Waals surface area contributed by atoms with Gasteiger partial charge in [-0.1, -0.05) is 11.6 Å². The van der Waals surface area contributed by atoms with Gasteiger partial charge < -0.3 is 10.2 Å². The second kappa shape index (κ2) is 4.72. The zero-order chi connectivity index (χ0) is 13.2. The molecule has 0 spiro atoms. The van der Waals surface area contributed by atoms with Crippen LogP contribution in [0.1, 0.15) is 10.4 Å². The topological polar surface area (TPSA) is 109 Å². The number of aromatic carboxylic acids is 1. The summed E-state index contributed by atoms with van der Waals surface area (Å²) in [5.74, 6) is -4.01. The average molecular weight is 279 g/mol. The molecule has 1 aromatic rings. The maximum absolute atomic E-state index is 11.6. The van der Waals surface area contributed by atoms with E-state index in [0.29, 0.717) is 0 Å². The molecule has 0 aliphatic heterocycles. The van der Waals surface area contributed by atoms with Gasteiger partial charge in [0, 0.05) is 0 Å². The highest BCUT2D eigenvalue weighted by molar-refractivity contribution is 7.92. The van der Waals surface area contributed by atoms with Gasteiger partial charge in [0.2, 0.25) is 0 Å². The van der Waals surface area contributed by atoms with Gasteiger partial charge >= 0.3 is 11.9 Å². The molecule has 0 aromatic heterocycles. The number of sulfone groups is 1. The van der Waals surface area contributed by atoms with Crippen LogP contribution in [0.2, 0.25) is 5.02 Å². The van der Waals surface area contributed by atoms with Crippen molar-refractivity contribution in [3.63, 3.8) is 0 Å². The van der Waals surface area contributed by atoms with Gasteiger partial charge in [-0.05, 0) is 18.2 Å². The van der Waals surface area contributed by atoms with Gasteiger partial charge in [0.1, 0.15) is 0 Å². The standard InChI is InChI=1S/C9H7ClO6S/c10-6-2-1-5(9(13)14)3-7(6)17(15,16)4-8(11)12/h1-3H,4H2,(H,11,12)(H,13,14). The Morgan fingerprint density at radius 3 is 2.29 bits per heavy atom. The van der Waals surface area contributed by atoms with Crippen molar-refractivity contribution in [2.24, 2.45) is 0 Å². The third-order valence-corrected chi connectivity index (χ3v) is 3.90. The minimum Gasteiger partial charge on any atom is -0.480 e. The second-order valence-electron chi connectivity index (χ2n) is 3.10. The molecule has 2 N–H and O–H groups in total. The lowest BCUT2D eigenvalue weighted by atomic mass is 10.2. The van der Waals surface area contributed by atoms with E-state index in [0.717, 1.165) is 18.2 Å². The van der Waals surface area contributed by atoms with Crippen LogP contribution in [0.15, 0.2) is 23.1 Å². The Hall–Kier alpha value is -1.60. The van der Waals surface area contributed by atoms with Crippen molar-refractivity contribution < 1.29 is 28.2 Å². The second-order valence-corrected chi connectivity index (χ2v) is 5.47. The summed E-state index contributed by atoms with van der Waals surface area (Å²) >= 11 is 5.60. The number of hydrogen-bond donors (Lipinski definition) is 2. The number of aliphatic carboxylic acids is 1. The predicted octanol–water partition coefficient (Wildman–Crippen LogP) is 0.897. The molecule has 0 amide bonds. The normalized spacial score (nSPS) is 11.1. The highest BCUT2D eigenvalue weighted by Crippen LogP contribution is 2.23. The molecule has 8 heteroatoms. The van der Waals surface area contributed by atoms with Crippen LogP contribution in [0, 0.1) is 0 Å². The number of carboxylic acid groups (broad SMARTS) is 2. The lowest BCUT2D eigenvalue weighted by Gasteiger charge is -2.05. The Labute approximate surface area is 101 Å². The molecule has 92 valence electrons. The van der Waals surface area contributed by atoms with Crippen molar-refractivity contribution in [1.82, 2.24) is 0 Å². The molecule has 0 aliphatic carbocycles.